The average molecular weight is 426 g/mol. The first-order valence-electron chi connectivity index (χ1n) is 9.71. The van der Waals surface area contributed by atoms with Crippen LogP contribution in [-0.2, 0) is 0 Å². The fourth-order valence-corrected chi connectivity index (χ4v) is 3.85. The molecule has 1 amide bonds. The standard InChI is InChI=1S/C21H17F3N6O/c22-17-9-15(2-3-16(17)18-26-12-27-28-18)30-7-4-13-8-14(10-25-19(13)30)20(31)29-6-1-5-21(23,24)11-29/h2-4,7-10,12H,1,5-6,11H2,(H,26,27,28). The van der Waals surface area contributed by atoms with Crippen LogP contribution in [0.15, 0.2) is 49.1 Å². The number of likely N-dealkylation sites (tertiary alicyclic amines) is 1. The highest BCUT2D eigenvalue weighted by molar-refractivity contribution is 5.97. The van der Waals surface area contributed by atoms with E-state index in [9.17, 15) is 18.0 Å². The summed E-state index contributed by atoms with van der Waals surface area (Å²) in [6, 6.07) is 8.02. The van der Waals surface area contributed by atoms with Crippen molar-refractivity contribution in [2.24, 2.45) is 0 Å². The van der Waals surface area contributed by atoms with Crippen LogP contribution in [0, 0.1) is 5.82 Å². The van der Waals surface area contributed by atoms with E-state index in [1.165, 1.54) is 23.5 Å². The van der Waals surface area contributed by atoms with E-state index in [2.05, 4.69) is 20.2 Å². The molecule has 158 valence electrons. The number of benzene rings is 1. The first kappa shape index (κ1) is 19.3. The fourth-order valence-electron chi connectivity index (χ4n) is 3.85. The minimum Gasteiger partial charge on any atom is -0.333 e. The number of halogens is 3. The molecule has 0 radical (unpaired) electrons. The van der Waals surface area contributed by atoms with Gasteiger partial charge in [-0.15, -0.1) is 0 Å². The Morgan fingerprint density at radius 1 is 1.16 bits per heavy atom. The number of fused-ring (bicyclic) bond motifs is 1. The Bertz CT molecular complexity index is 1270. The number of amides is 1. The molecule has 0 atom stereocenters. The maximum atomic E-state index is 14.6. The SMILES string of the molecule is O=C(c1cnc2c(ccn2-c2ccc(-c3ncn[nH]3)c(F)c2)c1)N1CCCC(F)(F)C1. The molecule has 1 saturated heterocycles. The summed E-state index contributed by atoms with van der Waals surface area (Å²) in [5, 5.41) is 7.00. The number of nitrogens with zero attached hydrogens (tertiary/aromatic N) is 5. The van der Waals surface area contributed by atoms with E-state index in [4.69, 9.17) is 0 Å². The molecule has 7 nitrogen and oxygen atoms in total. The summed E-state index contributed by atoms with van der Waals surface area (Å²) >= 11 is 0. The lowest BCUT2D eigenvalue weighted by molar-refractivity contribution is -0.0560. The summed E-state index contributed by atoms with van der Waals surface area (Å²) < 4.78 is 43.6. The minimum atomic E-state index is -2.86. The van der Waals surface area contributed by atoms with Gasteiger partial charge in [-0.25, -0.2) is 23.1 Å². The number of pyridine rings is 1. The van der Waals surface area contributed by atoms with Crippen molar-refractivity contribution in [2.75, 3.05) is 13.1 Å². The number of carbonyl (C=O) groups excluding carboxylic acids is 1. The molecule has 1 fully saturated rings. The number of alkyl halides is 2. The minimum absolute atomic E-state index is 0.206. The third kappa shape index (κ3) is 3.54. The number of H-pyrrole nitrogens is 1. The highest BCUT2D eigenvalue weighted by atomic mass is 19.3. The van der Waals surface area contributed by atoms with E-state index in [-0.39, 0.29) is 24.0 Å². The molecule has 1 aliphatic rings. The van der Waals surface area contributed by atoms with Crippen LogP contribution in [0.2, 0.25) is 0 Å². The molecule has 1 aliphatic heterocycles. The molecule has 0 saturated carbocycles. The van der Waals surface area contributed by atoms with E-state index in [1.54, 1.807) is 35.0 Å². The Morgan fingerprint density at radius 2 is 2.03 bits per heavy atom. The van der Waals surface area contributed by atoms with Crippen LogP contribution in [0.4, 0.5) is 13.2 Å². The maximum Gasteiger partial charge on any atom is 0.265 e. The number of nitrogens with one attached hydrogen (secondary N) is 1. The molecule has 0 bridgehead atoms. The normalized spacial score (nSPS) is 16.0. The van der Waals surface area contributed by atoms with E-state index in [0.717, 1.165) is 0 Å². The van der Waals surface area contributed by atoms with Gasteiger partial charge in [0.25, 0.3) is 11.8 Å². The second-order valence-electron chi connectivity index (χ2n) is 7.51. The quantitative estimate of drug-likeness (QED) is 0.540. The zero-order valence-corrected chi connectivity index (χ0v) is 16.2. The van der Waals surface area contributed by atoms with Gasteiger partial charge in [0.05, 0.1) is 17.7 Å². The lowest BCUT2D eigenvalue weighted by Gasteiger charge is -2.32. The zero-order valence-electron chi connectivity index (χ0n) is 16.2. The van der Waals surface area contributed by atoms with Crippen LogP contribution in [0.1, 0.15) is 23.2 Å². The first-order valence-corrected chi connectivity index (χ1v) is 9.71. The van der Waals surface area contributed by atoms with Crippen LogP contribution in [0.3, 0.4) is 0 Å². The van der Waals surface area contributed by atoms with Crippen LogP contribution in [0.25, 0.3) is 28.1 Å². The van der Waals surface area contributed by atoms with Gasteiger partial charge in [-0.1, -0.05) is 0 Å². The molecule has 0 aliphatic carbocycles. The first-order chi connectivity index (χ1) is 14.9. The number of aromatic nitrogens is 5. The van der Waals surface area contributed by atoms with E-state index in [1.807, 2.05) is 0 Å². The van der Waals surface area contributed by atoms with Gasteiger partial charge >= 0.3 is 0 Å². The molecular formula is C21H17F3N6O. The van der Waals surface area contributed by atoms with Crippen molar-refractivity contribution in [2.45, 2.75) is 18.8 Å². The van der Waals surface area contributed by atoms with Crippen LogP contribution in [-0.4, -0.2) is 54.6 Å². The average Bonchev–Trinajstić information content (AvgIpc) is 3.42. The van der Waals surface area contributed by atoms with Crippen molar-refractivity contribution in [3.05, 3.63) is 60.4 Å². The van der Waals surface area contributed by atoms with Gasteiger partial charge in [0.1, 0.15) is 17.8 Å². The van der Waals surface area contributed by atoms with Crippen molar-refractivity contribution in [1.82, 2.24) is 29.6 Å². The summed E-state index contributed by atoms with van der Waals surface area (Å²) in [7, 11) is 0. The van der Waals surface area contributed by atoms with Crippen LogP contribution < -0.4 is 0 Å². The van der Waals surface area contributed by atoms with E-state index < -0.39 is 24.2 Å². The highest BCUT2D eigenvalue weighted by Crippen LogP contribution is 2.28. The summed E-state index contributed by atoms with van der Waals surface area (Å²) in [4.78, 5) is 22.2. The molecule has 1 aromatic carbocycles. The number of carbonyl (C=O) groups is 1. The molecule has 4 aromatic rings. The molecule has 10 heteroatoms. The summed E-state index contributed by atoms with van der Waals surface area (Å²) in [5.41, 5.74) is 1.59. The Morgan fingerprint density at radius 3 is 2.77 bits per heavy atom. The zero-order chi connectivity index (χ0) is 21.6. The maximum absolute atomic E-state index is 14.6. The number of piperidine rings is 1. The lowest BCUT2D eigenvalue weighted by Crippen LogP contribution is -2.45. The predicted octanol–water partition coefficient (Wildman–Crippen LogP) is 3.82. The topological polar surface area (TPSA) is 79.7 Å². The second-order valence-corrected chi connectivity index (χ2v) is 7.51. The monoisotopic (exact) mass is 426 g/mol. The van der Waals surface area contributed by atoms with Gasteiger partial charge < -0.3 is 9.47 Å². The fraction of sp³-hybridized carbons (Fsp3) is 0.238. The smallest absolute Gasteiger partial charge is 0.265 e. The van der Waals surface area contributed by atoms with Gasteiger partial charge in [0.15, 0.2) is 5.82 Å². The number of rotatable bonds is 3. The van der Waals surface area contributed by atoms with Crippen molar-refractivity contribution >= 4 is 16.9 Å². The Hall–Kier alpha value is -3.69. The molecule has 31 heavy (non-hydrogen) atoms. The van der Waals surface area contributed by atoms with Crippen LogP contribution >= 0.6 is 0 Å². The molecule has 0 unspecified atom stereocenters. The summed E-state index contributed by atoms with van der Waals surface area (Å²) in [6.45, 7) is -0.286. The number of hydrogen-bond acceptors (Lipinski definition) is 4. The molecular weight excluding hydrogens is 409 g/mol. The third-order valence-electron chi connectivity index (χ3n) is 5.35. The van der Waals surface area contributed by atoms with Crippen molar-refractivity contribution in [3.63, 3.8) is 0 Å². The van der Waals surface area contributed by atoms with Crippen LogP contribution in [0.5, 0.6) is 0 Å². The van der Waals surface area contributed by atoms with Gasteiger partial charge in [-0.05, 0) is 36.8 Å². The Kier molecular flexibility index (Phi) is 4.49. The lowest BCUT2D eigenvalue weighted by atomic mass is 10.1. The second kappa shape index (κ2) is 7.22. The molecule has 5 rings (SSSR count). The predicted molar refractivity (Wildman–Crippen MR) is 106 cm³/mol. The molecule has 1 N–H and O–H groups in total. The largest absolute Gasteiger partial charge is 0.333 e. The number of aromatic amines is 1. The van der Waals surface area contributed by atoms with Crippen molar-refractivity contribution in [1.29, 1.82) is 0 Å². The molecule has 4 heterocycles. The van der Waals surface area contributed by atoms with Crippen molar-refractivity contribution in [3.8, 4) is 17.1 Å². The van der Waals surface area contributed by atoms with Gasteiger partial charge in [-0.2, -0.15) is 5.10 Å². The van der Waals surface area contributed by atoms with Gasteiger partial charge in [0.2, 0.25) is 0 Å². The van der Waals surface area contributed by atoms with E-state index >= 15 is 0 Å². The Balaban J connectivity index is 1.45. The highest BCUT2D eigenvalue weighted by Gasteiger charge is 2.37. The summed E-state index contributed by atoms with van der Waals surface area (Å²) in [5.74, 6) is -3.49. The third-order valence-corrected chi connectivity index (χ3v) is 5.35. The summed E-state index contributed by atoms with van der Waals surface area (Å²) in [6.07, 6.45) is 4.44. The molecule has 0 spiro atoms. The van der Waals surface area contributed by atoms with Gasteiger partial charge in [-0.3, -0.25) is 9.89 Å². The van der Waals surface area contributed by atoms with Crippen molar-refractivity contribution < 1.29 is 18.0 Å². The number of hydrogen-bond donors (Lipinski definition) is 1. The molecule has 3 aromatic heterocycles. The van der Waals surface area contributed by atoms with Gasteiger partial charge in [0, 0.05) is 36.4 Å². The Labute approximate surface area is 174 Å². The van der Waals surface area contributed by atoms with E-state index in [0.29, 0.717) is 29.1 Å².